The van der Waals surface area contributed by atoms with E-state index in [2.05, 4.69) is 17.3 Å². The van der Waals surface area contributed by atoms with E-state index in [9.17, 15) is 0 Å². The first kappa shape index (κ1) is 11.9. The van der Waals surface area contributed by atoms with Crippen LogP contribution >= 0.6 is 11.6 Å². The number of nitrogens with one attached hydrogen (secondary N) is 1. The van der Waals surface area contributed by atoms with Crippen molar-refractivity contribution in [1.29, 1.82) is 0 Å². The van der Waals surface area contributed by atoms with Crippen LogP contribution in [0.1, 0.15) is 31.2 Å². The third-order valence-corrected chi connectivity index (χ3v) is 4.00. The summed E-state index contributed by atoms with van der Waals surface area (Å²) in [5.41, 5.74) is 2.58. The Morgan fingerprint density at radius 2 is 2.19 bits per heavy atom. The molecule has 16 heavy (non-hydrogen) atoms. The summed E-state index contributed by atoms with van der Waals surface area (Å²) >= 11 is 6.28. The summed E-state index contributed by atoms with van der Waals surface area (Å²) in [7, 11) is 1.98. The Morgan fingerprint density at radius 3 is 2.62 bits per heavy atom. The van der Waals surface area contributed by atoms with Gasteiger partial charge < -0.3 is 5.32 Å². The Kier molecular flexibility index (Phi) is 3.27. The summed E-state index contributed by atoms with van der Waals surface area (Å²) in [6.45, 7) is 6.26. The molecule has 0 bridgehead atoms. The summed E-state index contributed by atoms with van der Waals surface area (Å²) < 4.78 is 1.93. The normalized spacial score (nSPS) is 17.8. The first-order valence-corrected chi connectivity index (χ1v) is 6.34. The van der Waals surface area contributed by atoms with Gasteiger partial charge in [-0.15, -0.1) is 0 Å². The van der Waals surface area contributed by atoms with Gasteiger partial charge in [0.25, 0.3) is 0 Å². The van der Waals surface area contributed by atoms with Crippen molar-refractivity contribution in [1.82, 2.24) is 15.1 Å². The SMILES string of the molecule is CCNCC1(Cc2c(Cl)c(C)nn2C)CC1. The first-order chi connectivity index (χ1) is 7.58. The highest BCUT2D eigenvalue weighted by Gasteiger charge is 2.43. The molecule has 0 spiro atoms. The molecule has 90 valence electrons. The average Bonchev–Trinajstić information content (AvgIpc) is 2.97. The Morgan fingerprint density at radius 1 is 1.50 bits per heavy atom. The quantitative estimate of drug-likeness (QED) is 0.858. The zero-order chi connectivity index (χ0) is 11.8. The minimum absolute atomic E-state index is 0.444. The molecule has 0 aromatic carbocycles. The molecule has 1 N–H and O–H groups in total. The molecule has 1 aliphatic carbocycles. The lowest BCUT2D eigenvalue weighted by atomic mass is 10.00. The van der Waals surface area contributed by atoms with Crippen LogP contribution < -0.4 is 5.32 Å². The van der Waals surface area contributed by atoms with Crippen molar-refractivity contribution in [3.05, 3.63) is 16.4 Å². The number of rotatable bonds is 5. The summed E-state index contributed by atoms with van der Waals surface area (Å²) in [5, 5.41) is 8.66. The second kappa shape index (κ2) is 4.38. The smallest absolute Gasteiger partial charge is 0.0847 e. The van der Waals surface area contributed by atoms with Crippen LogP contribution in [0.5, 0.6) is 0 Å². The van der Waals surface area contributed by atoms with Crippen LogP contribution in [0.15, 0.2) is 0 Å². The third kappa shape index (κ3) is 2.25. The van der Waals surface area contributed by atoms with Crippen molar-refractivity contribution >= 4 is 11.6 Å². The van der Waals surface area contributed by atoms with E-state index in [1.54, 1.807) is 0 Å². The standard InChI is InChI=1S/C12H20ClN3/c1-4-14-8-12(5-6-12)7-10-11(13)9(2)15-16(10)3/h14H,4-8H2,1-3H3. The van der Waals surface area contributed by atoms with Crippen LogP contribution in [-0.2, 0) is 13.5 Å². The topological polar surface area (TPSA) is 29.9 Å². The lowest BCUT2D eigenvalue weighted by Crippen LogP contribution is -2.26. The summed E-state index contributed by atoms with van der Waals surface area (Å²) in [4.78, 5) is 0. The van der Waals surface area contributed by atoms with Gasteiger partial charge in [0.15, 0.2) is 0 Å². The third-order valence-electron chi connectivity index (χ3n) is 3.51. The first-order valence-electron chi connectivity index (χ1n) is 5.97. The zero-order valence-corrected chi connectivity index (χ0v) is 11.1. The fourth-order valence-electron chi connectivity index (χ4n) is 2.21. The molecule has 1 aromatic rings. The van der Waals surface area contributed by atoms with Gasteiger partial charge in [-0.2, -0.15) is 5.10 Å². The lowest BCUT2D eigenvalue weighted by molar-refractivity contribution is 0.449. The lowest BCUT2D eigenvalue weighted by Gasteiger charge is -2.15. The minimum Gasteiger partial charge on any atom is -0.316 e. The van der Waals surface area contributed by atoms with E-state index >= 15 is 0 Å². The molecule has 1 aliphatic rings. The van der Waals surface area contributed by atoms with E-state index in [1.807, 2.05) is 18.7 Å². The van der Waals surface area contributed by atoms with Gasteiger partial charge in [-0.1, -0.05) is 18.5 Å². The highest BCUT2D eigenvalue weighted by molar-refractivity contribution is 6.31. The zero-order valence-electron chi connectivity index (χ0n) is 10.3. The van der Waals surface area contributed by atoms with E-state index in [-0.39, 0.29) is 0 Å². The van der Waals surface area contributed by atoms with E-state index in [0.29, 0.717) is 5.41 Å². The number of aromatic nitrogens is 2. The average molecular weight is 242 g/mol. The van der Waals surface area contributed by atoms with Crippen LogP contribution in [0.2, 0.25) is 5.02 Å². The molecule has 3 nitrogen and oxygen atoms in total. The maximum Gasteiger partial charge on any atom is 0.0847 e. The fourth-order valence-corrected chi connectivity index (χ4v) is 2.44. The minimum atomic E-state index is 0.444. The maximum absolute atomic E-state index is 6.28. The predicted molar refractivity (Wildman–Crippen MR) is 66.9 cm³/mol. The maximum atomic E-state index is 6.28. The number of hydrogen-bond donors (Lipinski definition) is 1. The molecule has 0 amide bonds. The Labute approximate surface area is 102 Å². The van der Waals surface area contributed by atoms with E-state index < -0.39 is 0 Å². The molecule has 0 radical (unpaired) electrons. The molecule has 0 aliphatic heterocycles. The monoisotopic (exact) mass is 241 g/mol. The molecule has 0 atom stereocenters. The van der Waals surface area contributed by atoms with Gasteiger partial charge >= 0.3 is 0 Å². The molecule has 0 unspecified atom stereocenters. The molecular weight excluding hydrogens is 222 g/mol. The number of aryl methyl sites for hydroxylation is 2. The Hall–Kier alpha value is -0.540. The van der Waals surface area contributed by atoms with Crippen molar-refractivity contribution in [2.75, 3.05) is 13.1 Å². The molecule has 1 heterocycles. The van der Waals surface area contributed by atoms with Gasteiger partial charge in [0.1, 0.15) is 0 Å². The Balaban J connectivity index is 2.09. The van der Waals surface area contributed by atoms with Crippen LogP contribution in [0, 0.1) is 12.3 Å². The fraction of sp³-hybridized carbons (Fsp3) is 0.750. The van der Waals surface area contributed by atoms with Crippen LogP contribution in [0.25, 0.3) is 0 Å². The largest absolute Gasteiger partial charge is 0.316 e. The Bertz CT molecular complexity index is 380. The second-order valence-electron chi connectivity index (χ2n) is 4.93. The van der Waals surface area contributed by atoms with E-state index in [0.717, 1.165) is 30.2 Å². The number of halogens is 1. The molecule has 2 rings (SSSR count). The van der Waals surface area contributed by atoms with Crippen molar-refractivity contribution in [2.45, 2.75) is 33.1 Å². The van der Waals surface area contributed by atoms with Crippen molar-refractivity contribution in [2.24, 2.45) is 12.5 Å². The molecule has 1 saturated carbocycles. The van der Waals surface area contributed by atoms with Crippen molar-refractivity contribution in [3.63, 3.8) is 0 Å². The van der Waals surface area contributed by atoms with Gasteiger partial charge in [-0.25, -0.2) is 0 Å². The molecule has 0 saturated heterocycles. The summed E-state index contributed by atoms with van der Waals surface area (Å²) in [5.74, 6) is 0. The molecular formula is C12H20ClN3. The van der Waals surface area contributed by atoms with E-state index in [4.69, 9.17) is 11.6 Å². The number of hydrogen-bond acceptors (Lipinski definition) is 2. The highest BCUT2D eigenvalue weighted by Crippen LogP contribution is 2.48. The van der Waals surface area contributed by atoms with Gasteiger partial charge in [0.2, 0.25) is 0 Å². The molecule has 1 fully saturated rings. The second-order valence-corrected chi connectivity index (χ2v) is 5.30. The van der Waals surface area contributed by atoms with Crippen molar-refractivity contribution in [3.8, 4) is 0 Å². The predicted octanol–water partition coefficient (Wildman–Crippen LogP) is 2.31. The van der Waals surface area contributed by atoms with Gasteiger partial charge in [0, 0.05) is 13.6 Å². The summed E-state index contributed by atoms with van der Waals surface area (Å²) in [6.07, 6.45) is 3.66. The van der Waals surface area contributed by atoms with E-state index in [1.165, 1.54) is 18.5 Å². The molecule has 4 heteroatoms. The number of nitrogens with zero attached hydrogens (tertiary/aromatic N) is 2. The van der Waals surface area contributed by atoms with Gasteiger partial charge in [-0.05, 0) is 38.1 Å². The van der Waals surface area contributed by atoms with Crippen molar-refractivity contribution < 1.29 is 0 Å². The van der Waals surface area contributed by atoms with Crippen LogP contribution in [-0.4, -0.2) is 22.9 Å². The summed E-state index contributed by atoms with van der Waals surface area (Å²) in [6, 6.07) is 0. The van der Waals surface area contributed by atoms with Gasteiger partial charge in [-0.3, -0.25) is 4.68 Å². The van der Waals surface area contributed by atoms with Gasteiger partial charge in [0.05, 0.1) is 16.4 Å². The van der Waals surface area contributed by atoms with Crippen LogP contribution in [0.3, 0.4) is 0 Å². The van der Waals surface area contributed by atoms with Crippen LogP contribution in [0.4, 0.5) is 0 Å². The molecule has 1 aromatic heterocycles. The highest BCUT2D eigenvalue weighted by atomic mass is 35.5.